The van der Waals surface area contributed by atoms with Crippen molar-refractivity contribution in [2.75, 3.05) is 18.4 Å². The number of pyridine rings is 1. The van der Waals surface area contributed by atoms with Crippen molar-refractivity contribution in [3.05, 3.63) is 71.4 Å². The van der Waals surface area contributed by atoms with E-state index in [1.54, 1.807) is 17.5 Å². The van der Waals surface area contributed by atoms with Crippen molar-refractivity contribution in [1.29, 1.82) is 0 Å². The van der Waals surface area contributed by atoms with Gasteiger partial charge in [0.1, 0.15) is 0 Å². The van der Waals surface area contributed by atoms with Crippen molar-refractivity contribution in [2.45, 2.75) is 12.8 Å². The van der Waals surface area contributed by atoms with E-state index in [-0.39, 0.29) is 6.03 Å². The number of hydrogen-bond acceptors (Lipinski definition) is 5. The zero-order valence-corrected chi connectivity index (χ0v) is 17.9. The van der Waals surface area contributed by atoms with Crippen LogP contribution in [-0.2, 0) is 0 Å². The van der Waals surface area contributed by atoms with Crippen molar-refractivity contribution in [3.63, 3.8) is 0 Å². The molecule has 0 saturated carbocycles. The number of nitrogens with zero attached hydrogens (tertiary/aromatic N) is 3. The van der Waals surface area contributed by atoms with Gasteiger partial charge in [-0.3, -0.25) is 10.3 Å². The van der Waals surface area contributed by atoms with E-state index in [2.05, 4.69) is 51.0 Å². The van der Waals surface area contributed by atoms with E-state index in [9.17, 15) is 4.79 Å². The molecule has 150 valence electrons. The van der Waals surface area contributed by atoms with E-state index in [1.165, 1.54) is 27.4 Å². The first-order valence-corrected chi connectivity index (χ1v) is 11.5. The average Bonchev–Trinajstić information content (AvgIpc) is 3.44. The van der Waals surface area contributed by atoms with Crippen molar-refractivity contribution in [1.82, 2.24) is 14.9 Å². The predicted molar refractivity (Wildman–Crippen MR) is 125 cm³/mol. The second kappa shape index (κ2) is 8.38. The van der Waals surface area contributed by atoms with Gasteiger partial charge in [0.05, 0.1) is 15.9 Å². The molecule has 1 aromatic carbocycles. The molecule has 3 aromatic heterocycles. The highest BCUT2D eigenvalue weighted by Crippen LogP contribution is 2.32. The molecule has 30 heavy (non-hydrogen) atoms. The number of hydrogen-bond donors (Lipinski definition) is 1. The fourth-order valence-electron chi connectivity index (χ4n) is 3.56. The van der Waals surface area contributed by atoms with Crippen LogP contribution in [0.4, 0.5) is 9.93 Å². The molecule has 0 atom stereocenters. The number of carbonyl (C=O) groups excluding carboxylic acids is 1. The van der Waals surface area contributed by atoms with Gasteiger partial charge in [0.2, 0.25) is 0 Å². The molecule has 7 heteroatoms. The summed E-state index contributed by atoms with van der Waals surface area (Å²) >= 11 is 3.24. The fraction of sp³-hybridized carbons (Fsp3) is 0.174. The Labute approximate surface area is 182 Å². The summed E-state index contributed by atoms with van der Waals surface area (Å²) in [5.74, 6) is 0. The molecular weight excluding hydrogens is 412 g/mol. The SMILES string of the molecule is O=C(Nc1nc2ccc(-c3cccs3)cc2s1)N1CCC(=Cc2ccccn2)CC1. The number of fused-ring (bicyclic) bond motifs is 1. The van der Waals surface area contributed by atoms with Crippen molar-refractivity contribution in [2.24, 2.45) is 0 Å². The fourth-order valence-corrected chi connectivity index (χ4v) is 5.18. The van der Waals surface area contributed by atoms with Crippen molar-refractivity contribution < 1.29 is 4.79 Å². The third-order valence-corrected chi connectivity index (χ3v) is 6.99. The van der Waals surface area contributed by atoms with Gasteiger partial charge < -0.3 is 4.90 Å². The van der Waals surface area contributed by atoms with Crippen LogP contribution < -0.4 is 5.32 Å². The normalized spacial score (nSPS) is 14.1. The molecule has 0 bridgehead atoms. The van der Waals surface area contributed by atoms with Crippen LogP contribution in [0.15, 0.2) is 65.7 Å². The average molecular weight is 433 g/mol. The van der Waals surface area contributed by atoms with Crippen LogP contribution in [0.5, 0.6) is 0 Å². The summed E-state index contributed by atoms with van der Waals surface area (Å²) in [6, 6.07) is 16.2. The standard InChI is InChI=1S/C23H20N4OS2/c28-23(27-11-8-16(9-12-27)14-18-4-1-2-10-24-18)26-22-25-19-7-6-17(15-21(19)30-22)20-5-3-13-29-20/h1-7,10,13-15H,8-9,11-12H2,(H,25,26,28). The zero-order chi connectivity index (χ0) is 20.3. The molecule has 0 aliphatic carbocycles. The number of aromatic nitrogens is 2. The summed E-state index contributed by atoms with van der Waals surface area (Å²) in [6.07, 6.45) is 5.67. The monoisotopic (exact) mass is 432 g/mol. The van der Waals surface area contributed by atoms with Gasteiger partial charge in [0.25, 0.3) is 0 Å². The molecule has 4 aromatic rings. The maximum absolute atomic E-state index is 12.7. The molecule has 0 unspecified atom stereocenters. The number of urea groups is 1. The molecule has 1 aliphatic rings. The zero-order valence-electron chi connectivity index (χ0n) is 16.2. The lowest BCUT2D eigenvalue weighted by Gasteiger charge is -2.28. The molecule has 0 radical (unpaired) electrons. The lowest BCUT2D eigenvalue weighted by Crippen LogP contribution is -2.39. The number of thiophene rings is 1. The molecule has 1 saturated heterocycles. The molecule has 2 amide bonds. The lowest BCUT2D eigenvalue weighted by atomic mass is 10.0. The number of amides is 2. The number of nitrogens with one attached hydrogen (secondary N) is 1. The quantitative estimate of drug-likeness (QED) is 0.424. The maximum Gasteiger partial charge on any atom is 0.323 e. The highest BCUT2D eigenvalue weighted by molar-refractivity contribution is 7.22. The lowest BCUT2D eigenvalue weighted by molar-refractivity contribution is 0.208. The van der Waals surface area contributed by atoms with Gasteiger partial charge in [-0.25, -0.2) is 9.78 Å². The number of likely N-dealkylation sites (tertiary alicyclic amines) is 1. The van der Waals surface area contributed by atoms with E-state index >= 15 is 0 Å². The minimum atomic E-state index is -0.0792. The smallest absolute Gasteiger partial charge is 0.323 e. The van der Waals surface area contributed by atoms with Crippen molar-refractivity contribution in [3.8, 4) is 10.4 Å². The Hall–Kier alpha value is -3.03. The minimum Gasteiger partial charge on any atom is -0.324 e. The molecule has 1 aliphatic heterocycles. The Morgan fingerprint density at radius 3 is 2.77 bits per heavy atom. The number of anilines is 1. The minimum absolute atomic E-state index is 0.0792. The molecular formula is C23H20N4OS2. The van der Waals surface area contributed by atoms with Crippen LogP contribution in [0.1, 0.15) is 18.5 Å². The van der Waals surface area contributed by atoms with Gasteiger partial charge in [-0.15, -0.1) is 11.3 Å². The number of rotatable bonds is 3. The van der Waals surface area contributed by atoms with Gasteiger partial charge >= 0.3 is 6.03 Å². The number of carbonyl (C=O) groups is 1. The molecule has 5 rings (SSSR count). The largest absolute Gasteiger partial charge is 0.324 e. The van der Waals surface area contributed by atoms with Gasteiger partial charge in [-0.05, 0) is 60.2 Å². The van der Waals surface area contributed by atoms with Crippen LogP contribution >= 0.6 is 22.7 Å². The Morgan fingerprint density at radius 1 is 1.10 bits per heavy atom. The first-order chi connectivity index (χ1) is 14.7. The Bertz CT molecular complexity index is 1190. The summed E-state index contributed by atoms with van der Waals surface area (Å²) in [5, 5.41) is 5.71. The number of thiazole rings is 1. The second-order valence-corrected chi connectivity index (χ2v) is 9.13. The molecule has 1 N–H and O–H groups in total. The van der Waals surface area contributed by atoms with Gasteiger partial charge in [-0.2, -0.15) is 0 Å². The van der Waals surface area contributed by atoms with E-state index in [0.717, 1.165) is 28.8 Å². The first kappa shape index (κ1) is 19.0. The van der Waals surface area contributed by atoms with Crippen LogP contribution in [0.25, 0.3) is 26.7 Å². The van der Waals surface area contributed by atoms with E-state index in [1.807, 2.05) is 29.2 Å². The van der Waals surface area contributed by atoms with Gasteiger partial charge in [-0.1, -0.05) is 35.1 Å². The Balaban J connectivity index is 1.23. The highest BCUT2D eigenvalue weighted by Gasteiger charge is 2.20. The Kier molecular flexibility index (Phi) is 5.29. The van der Waals surface area contributed by atoms with Crippen molar-refractivity contribution >= 4 is 50.1 Å². The van der Waals surface area contributed by atoms with E-state index in [4.69, 9.17) is 0 Å². The Morgan fingerprint density at radius 2 is 2.00 bits per heavy atom. The second-order valence-electron chi connectivity index (χ2n) is 7.15. The van der Waals surface area contributed by atoms with E-state index < -0.39 is 0 Å². The van der Waals surface area contributed by atoms with Crippen LogP contribution in [0, 0.1) is 0 Å². The van der Waals surface area contributed by atoms with Crippen LogP contribution in [0.3, 0.4) is 0 Å². The summed E-state index contributed by atoms with van der Waals surface area (Å²) in [4.78, 5) is 24.7. The third kappa shape index (κ3) is 4.13. The molecule has 1 fully saturated rings. The summed E-state index contributed by atoms with van der Waals surface area (Å²) in [6.45, 7) is 1.41. The topological polar surface area (TPSA) is 58.1 Å². The number of benzene rings is 1. The third-order valence-electron chi connectivity index (χ3n) is 5.14. The van der Waals surface area contributed by atoms with Crippen LogP contribution in [-0.4, -0.2) is 34.0 Å². The first-order valence-electron chi connectivity index (χ1n) is 9.85. The molecule has 0 spiro atoms. The van der Waals surface area contributed by atoms with E-state index in [0.29, 0.717) is 18.2 Å². The van der Waals surface area contributed by atoms with Crippen LogP contribution in [0.2, 0.25) is 0 Å². The van der Waals surface area contributed by atoms with Gasteiger partial charge in [0.15, 0.2) is 5.13 Å². The van der Waals surface area contributed by atoms with Gasteiger partial charge in [0, 0.05) is 24.2 Å². The number of piperidine rings is 1. The molecule has 4 heterocycles. The predicted octanol–water partition coefficient (Wildman–Crippen LogP) is 6.13. The summed E-state index contributed by atoms with van der Waals surface area (Å²) in [5.41, 5.74) is 4.40. The highest BCUT2D eigenvalue weighted by atomic mass is 32.1. The summed E-state index contributed by atoms with van der Waals surface area (Å²) in [7, 11) is 0. The summed E-state index contributed by atoms with van der Waals surface area (Å²) < 4.78 is 1.08. The molecule has 5 nitrogen and oxygen atoms in total. The maximum atomic E-state index is 12.7.